The normalized spacial score (nSPS) is 13.0. The summed E-state index contributed by atoms with van der Waals surface area (Å²) in [5.74, 6) is 1.13. The number of benzene rings is 1. The van der Waals surface area contributed by atoms with Gasteiger partial charge in [-0.3, -0.25) is 0 Å². The number of hydrogen-bond donors (Lipinski definition) is 1. The van der Waals surface area contributed by atoms with Crippen molar-refractivity contribution in [2.45, 2.75) is 26.7 Å². The van der Waals surface area contributed by atoms with Crippen molar-refractivity contribution in [1.82, 2.24) is 5.32 Å². The number of methoxy groups -OCH3 is 1. The van der Waals surface area contributed by atoms with E-state index in [-0.39, 0.29) is 0 Å². The van der Waals surface area contributed by atoms with Gasteiger partial charge in [0.1, 0.15) is 0 Å². The van der Waals surface area contributed by atoms with Crippen LogP contribution in [0.3, 0.4) is 0 Å². The van der Waals surface area contributed by atoms with Gasteiger partial charge in [-0.2, -0.15) is 0 Å². The molecule has 96 valence electrons. The van der Waals surface area contributed by atoms with Crippen LogP contribution in [0.15, 0.2) is 24.3 Å². The Morgan fingerprint density at radius 1 is 1.12 bits per heavy atom. The first-order valence-electron chi connectivity index (χ1n) is 6.39. The lowest BCUT2D eigenvalue weighted by Crippen LogP contribution is -2.27. The third-order valence-corrected chi connectivity index (χ3v) is 2.86. The molecule has 1 atom stereocenters. The number of nitrogens with one attached hydrogen (secondary N) is 1. The summed E-state index contributed by atoms with van der Waals surface area (Å²) in [7, 11) is 1.77. The zero-order chi connectivity index (χ0) is 12.7. The summed E-state index contributed by atoms with van der Waals surface area (Å²) in [6.07, 6.45) is 0. The van der Waals surface area contributed by atoms with Crippen molar-refractivity contribution in [2.24, 2.45) is 5.92 Å². The Labute approximate surface area is 105 Å². The van der Waals surface area contributed by atoms with E-state index in [4.69, 9.17) is 4.74 Å². The van der Waals surface area contributed by atoms with Crippen molar-refractivity contribution in [3.05, 3.63) is 35.4 Å². The smallest absolute Gasteiger partial charge is 0.0543 e. The fourth-order valence-corrected chi connectivity index (χ4v) is 1.86. The van der Waals surface area contributed by atoms with Gasteiger partial charge in [-0.15, -0.1) is 0 Å². The Kier molecular flexibility index (Phi) is 6.23. The molecule has 1 N–H and O–H groups in total. The van der Waals surface area contributed by atoms with Crippen molar-refractivity contribution in [3.8, 4) is 0 Å². The topological polar surface area (TPSA) is 21.3 Å². The van der Waals surface area contributed by atoms with Gasteiger partial charge < -0.3 is 10.1 Å². The molecule has 0 aliphatic heterocycles. The average molecular weight is 235 g/mol. The molecule has 0 aliphatic rings. The molecule has 1 unspecified atom stereocenters. The average Bonchev–Trinajstić information content (AvgIpc) is 2.29. The van der Waals surface area contributed by atoms with Crippen molar-refractivity contribution in [3.63, 3.8) is 0 Å². The third-order valence-electron chi connectivity index (χ3n) is 2.86. The molecule has 0 fully saturated rings. The van der Waals surface area contributed by atoms with E-state index in [2.05, 4.69) is 50.4 Å². The molecule has 0 radical (unpaired) electrons. The summed E-state index contributed by atoms with van der Waals surface area (Å²) < 4.78 is 5.31. The molecular formula is C15H25NO. The van der Waals surface area contributed by atoms with E-state index in [0.29, 0.717) is 11.8 Å². The van der Waals surface area contributed by atoms with Crippen molar-refractivity contribution in [1.29, 1.82) is 0 Å². The van der Waals surface area contributed by atoms with Gasteiger partial charge in [0, 0.05) is 19.6 Å². The van der Waals surface area contributed by atoms with Crippen LogP contribution < -0.4 is 5.32 Å². The van der Waals surface area contributed by atoms with Gasteiger partial charge in [0.25, 0.3) is 0 Å². The van der Waals surface area contributed by atoms with Gasteiger partial charge in [0.05, 0.1) is 6.61 Å². The molecule has 1 rings (SSSR count). The number of rotatable bonds is 7. The molecule has 2 nitrogen and oxygen atoms in total. The molecule has 0 aromatic heterocycles. The lowest BCUT2D eigenvalue weighted by Gasteiger charge is -2.18. The molecule has 1 aromatic rings. The summed E-state index contributed by atoms with van der Waals surface area (Å²) >= 11 is 0. The lowest BCUT2D eigenvalue weighted by atomic mass is 9.98. The maximum atomic E-state index is 5.31. The summed E-state index contributed by atoms with van der Waals surface area (Å²) in [6, 6.07) is 8.74. The first-order valence-corrected chi connectivity index (χ1v) is 6.39. The number of hydrogen-bond acceptors (Lipinski definition) is 2. The Bertz CT molecular complexity index is 305. The van der Waals surface area contributed by atoms with E-state index in [9.17, 15) is 0 Å². The predicted molar refractivity (Wildman–Crippen MR) is 73.5 cm³/mol. The minimum absolute atomic E-state index is 0.444. The van der Waals surface area contributed by atoms with Crippen LogP contribution in [-0.4, -0.2) is 26.8 Å². The fourth-order valence-electron chi connectivity index (χ4n) is 1.86. The van der Waals surface area contributed by atoms with Crippen molar-refractivity contribution in [2.75, 3.05) is 26.8 Å². The van der Waals surface area contributed by atoms with Crippen LogP contribution in [0.4, 0.5) is 0 Å². The highest BCUT2D eigenvalue weighted by molar-refractivity contribution is 5.24. The summed E-state index contributed by atoms with van der Waals surface area (Å²) in [5.41, 5.74) is 2.66. The molecular weight excluding hydrogens is 210 g/mol. The van der Waals surface area contributed by atoms with E-state index in [0.717, 1.165) is 19.7 Å². The lowest BCUT2D eigenvalue weighted by molar-refractivity contribution is 0.177. The van der Waals surface area contributed by atoms with Gasteiger partial charge in [-0.1, -0.05) is 43.7 Å². The fraction of sp³-hybridized carbons (Fsp3) is 0.600. The first-order chi connectivity index (χ1) is 8.13. The zero-order valence-corrected chi connectivity index (χ0v) is 11.5. The van der Waals surface area contributed by atoms with Gasteiger partial charge in [-0.05, 0) is 24.9 Å². The summed E-state index contributed by atoms with van der Waals surface area (Å²) in [5, 5.41) is 3.50. The second-order valence-corrected chi connectivity index (χ2v) is 5.12. The molecule has 0 saturated carbocycles. The monoisotopic (exact) mass is 235 g/mol. The Hall–Kier alpha value is -0.860. The van der Waals surface area contributed by atoms with Crippen LogP contribution in [0.2, 0.25) is 0 Å². The Morgan fingerprint density at radius 3 is 2.29 bits per heavy atom. The van der Waals surface area contributed by atoms with E-state index in [1.165, 1.54) is 11.1 Å². The van der Waals surface area contributed by atoms with Gasteiger partial charge >= 0.3 is 0 Å². The minimum Gasteiger partial charge on any atom is -0.384 e. The van der Waals surface area contributed by atoms with Gasteiger partial charge in [0.2, 0.25) is 0 Å². The Morgan fingerprint density at radius 2 is 1.76 bits per heavy atom. The highest BCUT2D eigenvalue weighted by Gasteiger charge is 2.10. The van der Waals surface area contributed by atoms with Crippen LogP contribution >= 0.6 is 0 Å². The number of ether oxygens (including phenoxy) is 1. The summed E-state index contributed by atoms with van der Waals surface area (Å²) in [6.45, 7) is 9.38. The largest absolute Gasteiger partial charge is 0.384 e. The van der Waals surface area contributed by atoms with Crippen LogP contribution in [0.5, 0.6) is 0 Å². The van der Waals surface area contributed by atoms with E-state index in [1.807, 2.05) is 0 Å². The molecule has 0 bridgehead atoms. The highest BCUT2D eigenvalue weighted by Crippen LogP contribution is 2.16. The van der Waals surface area contributed by atoms with E-state index in [1.54, 1.807) is 7.11 Å². The standard InChI is InChI=1S/C15H25NO/c1-12(2)9-16-10-15(11-17-4)14-7-5-13(3)6-8-14/h5-8,12,15-16H,9-11H2,1-4H3. The molecule has 0 spiro atoms. The molecule has 17 heavy (non-hydrogen) atoms. The molecule has 0 heterocycles. The van der Waals surface area contributed by atoms with Crippen LogP contribution in [0.25, 0.3) is 0 Å². The van der Waals surface area contributed by atoms with Crippen LogP contribution in [-0.2, 0) is 4.74 Å². The maximum Gasteiger partial charge on any atom is 0.0543 e. The molecule has 0 amide bonds. The highest BCUT2D eigenvalue weighted by atomic mass is 16.5. The third kappa shape index (κ3) is 5.33. The summed E-state index contributed by atoms with van der Waals surface area (Å²) in [4.78, 5) is 0. The minimum atomic E-state index is 0.444. The van der Waals surface area contributed by atoms with Crippen molar-refractivity contribution >= 4 is 0 Å². The van der Waals surface area contributed by atoms with Crippen LogP contribution in [0, 0.1) is 12.8 Å². The second kappa shape index (κ2) is 7.46. The molecule has 0 aliphatic carbocycles. The first kappa shape index (κ1) is 14.2. The zero-order valence-electron chi connectivity index (χ0n) is 11.5. The van der Waals surface area contributed by atoms with E-state index >= 15 is 0 Å². The van der Waals surface area contributed by atoms with Gasteiger partial charge in [0.15, 0.2) is 0 Å². The SMILES string of the molecule is COCC(CNCC(C)C)c1ccc(C)cc1. The van der Waals surface area contributed by atoms with E-state index < -0.39 is 0 Å². The quantitative estimate of drug-likeness (QED) is 0.784. The van der Waals surface area contributed by atoms with Crippen molar-refractivity contribution < 1.29 is 4.74 Å². The predicted octanol–water partition coefficient (Wildman–Crippen LogP) is 2.97. The van der Waals surface area contributed by atoms with Gasteiger partial charge in [-0.25, -0.2) is 0 Å². The molecule has 2 heteroatoms. The molecule has 0 saturated heterocycles. The molecule has 1 aromatic carbocycles. The number of aryl methyl sites for hydroxylation is 1. The maximum absolute atomic E-state index is 5.31. The second-order valence-electron chi connectivity index (χ2n) is 5.12. The Balaban J connectivity index is 2.55. The van der Waals surface area contributed by atoms with Crippen LogP contribution in [0.1, 0.15) is 30.9 Å².